The molecule has 0 aromatic heterocycles. The summed E-state index contributed by atoms with van der Waals surface area (Å²) in [5, 5.41) is 4.62. The van der Waals surface area contributed by atoms with Crippen LogP contribution in [0.3, 0.4) is 0 Å². The molecule has 0 saturated carbocycles. The molecule has 5 heteroatoms. The number of fused-ring (bicyclic) bond motifs is 1. The third-order valence-electron chi connectivity index (χ3n) is 2.54. The van der Waals surface area contributed by atoms with Crippen LogP contribution in [0, 0.1) is 0 Å². The van der Waals surface area contributed by atoms with Crippen molar-refractivity contribution >= 4 is 27.0 Å². The number of halogens is 1. The van der Waals surface area contributed by atoms with Crippen LogP contribution < -0.4 is 5.32 Å². The standard InChI is InChI=1S/C11H12ClNO2S/c1-13-6-5-8-7-16(14,15)11-9(8)3-2-4-10(11)12/h2-4,7,13H,5-6H2,1H3. The van der Waals surface area contributed by atoms with Gasteiger partial charge in [0.2, 0.25) is 9.84 Å². The fourth-order valence-corrected chi connectivity index (χ4v) is 3.89. The van der Waals surface area contributed by atoms with Gasteiger partial charge in [0, 0.05) is 5.41 Å². The van der Waals surface area contributed by atoms with Crippen molar-refractivity contribution in [3.63, 3.8) is 0 Å². The summed E-state index contributed by atoms with van der Waals surface area (Å²) >= 11 is 5.93. The Balaban J connectivity index is 2.52. The lowest BCUT2D eigenvalue weighted by Crippen LogP contribution is -2.07. The van der Waals surface area contributed by atoms with E-state index in [-0.39, 0.29) is 4.90 Å². The van der Waals surface area contributed by atoms with Gasteiger partial charge in [0.25, 0.3) is 0 Å². The van der Waals surface area contributed by atoms with Gasteiger partial charge in [0.05, 0.1) is 9.92 Å². The van der Waals surface area contributed by atoms with Crippen LogP contribution in [0.25, 0.3) is 5.57 Å². The molecule has 0 unspecified atom stereocenters. The summed E-state index contributed by atoms with van der Waals surface area (Å²) in [6.07, 6.45) is 0.684. The summed E-state index contributed by atoms with van der Waals surface area (Å²) in [4.78, 5) is 0.253. The predicted octanol–water partition coefficient (Wildman–Crippen LogP) is 2.08. The average molecular weight is 258 g/mol. The highest BCUT2D eigenvalue weighted by atomic mass is 35.5. The van der Waals surface area contributed by atoms with Crippen molar-refractivity contribution in [2.75, 3.05) is 13.6 Å². The van der Waals surface area contributed by atoms with Crippen LogP contribution in [0.15, 0.2) is 28.5 Å². The number of rotatable bonds is 3. The second-order valence-electron chi connectivity index (χ2n) is 3.66. The molecule has 3 nitrogen and oxygen atoms in total. The molecular formula is C11H12ClNO2S. The van der Waals surface area contributed by atoms with Crippen molar-refractivity contribution in [1.82, 2.24) is 5.32 Å². The summed E-state index contributed by atoms with van der Waals surface area (Å²) in [5.74, 6) is 0. The first-order chi connectivity index (χ1) is 7.56. The SMILES string of the molecule is CNCCC1=CS(=O)(=O)c2c(Cl)cccc21. The van der Waals surface area contributed by atoms with E-state index in [9.17, 15) is 8.42 Å². The van der Waals surface area contributed by atoms with Gasteiger partial charge in [-0.2, -0.15) is 0 Å². The maximum atomic E-state index is 11.9. The van der Waals surface area contributed by atoms with Gasteiger partial charge in [0.15, 0.2) is 0 Å². The van der Waals surface area contributed by atoms with Crippen LogP contribution in [0.1, 0.15) is 12.0 Å². The van der Waals surface area contributed by atoms with Gasteiger partial charge in [-0.15, -0.1) is 0 Å². The zero-order valence-electron chi connectivity index (χ0n) is 8.83. The van der Waals surface area contributed by atoms with Crippen LogP contribution >= 0.6 is 11.6 Å². The maximum absolute atomic E-state index is 11.9. The molecular weight excluding hydrogens is 246 g/mol. The number of hydrogen-bond donors (Lipinski definition) is 1. The molecule has 1 aromatic carbocycles. The molecule has 86 valence electrons. The Morgan fingerprint density at radius 1 is 1.38 bits per heavy atom. The zero-order valence-corrected chi connectivity index (χ0v) is 10.4. The van der Waals surface area contributed by atoms with E-state index in [1.807, 2.05) is 7.05 Å². The van der Waals surface area contributed by atoms with Crippen LogP contribution in [0.4, 0.5) is 0 Å². The van der Waals surface area contributed by atoms with E-state index < -0.39 is 9.84 Å². The fourth-order valence-electron chi connectivity index (χ4n) is 1.81. The first-order valence-electron chi connectivity index (χ1n) is 4.95. The third kappa shape index (κ3) is 1.88. The third-order valence-corrected chi connectivity index (χ3v) is 4.57. The molecule has 0 fully saturated rings. The molecule has 1 heterocycles. The van der Waals surface area contributed by atoms with Crippen molar-refractivity contribution in [2.24, 2.45) is 0 Å². The largest absolute Gasteiger partial charge is 0.319 e. The minimum atomic E-state index is -3.34. The van der Waals surface area contributed by atoms with Gasteiger partial charge in [0.1, 0.15) is 0 Å². The second-order valence-corrected chi connectivity index (χ2v) is 5.80. The number of hydrogen-bond acceptors (Lipinski definition) is 3. The molecule has 0 atom stereocenters. The van der Waals surface area contributed by atoms with E-state index in [1.165, 1.54) is 5.41 Å². The van der Waals surface area contributed by atoms with E-state index in [0.717, 1.165) is 17.7 Å². The molecule has 1 aliphatic rings. The molecule has 1 aliphatic heterocycles. The predicted molar refractivity (Wildman–Crippen MR) is 65.2 cm³/mol. The van der Waals surface area contributed by atoms with Gasteiger partial charge < -0.3 is 5.32 Å². The first-order valence-corrected chi connectivity index (χ1v) is 6.88. The highest BCUT2D eigenvalue weighted by Gasteiger charge is 2.28. The van der Waals surface area contributed by atoms with Crippen LogP contribution in [0.5, 0.6) is 0 Å². The lowest BCUT2D eigenvalue weighted by molar-refractivity contribution is 0.605. The summed E-state index contributed by atoms with van der Waals surface area (Å²) in [6.45, 7) is 0.743. The number of benzene rings is 1. The minimum absolute atomic E-state index is 0.253. The fraction of sp³-hybridized carbons (Fsp3) is 0.273. The second kappa shape index (κ2) is 4.20. The van der Waals surface area contributed by atoms with E-state index in [2.05, 4.69) is 5.32 Å². The smallest absolute Gasteiger partial charge is 0.202 e. The Hall–Kier alpha value is -0.840. The Morgan fingerprint density at radius 3 is 2.81 bits per heavy atom. The lowest BCUT2D eigenvalue weighted by atomic mass is 10.1. The highest BCUT2D eigenvalue weighted by Crippen LogP contribution is 2.38. The number of nitrogens with one attached hydrogen (secondary N) is 1. The molecule has 1 N–H and O–H groups in total. The lowest BCUT2D eigenvalue weighted by Gasteiger charge is -2.04. The van der Waals surface area contributed by atoms with Gasteiger partial charge in [-0.1, -0.05) is 23.7 Å². The summed E-state index contributed by atoms with van der Waals surface area (Å²) < 4.78 is 23.7. The summed E-state index contributed by atoms with van der Waals surface area (Å²) in [5.41, 5.74) is 1.56. The van der Waals surface area contributed by atoms with Gasteiger partial charge >= 0.3 is 0 Å². The van der Waals surface area contributed by atoms with Crippen molar-refractivity contribution in [3.8, 4) is 0 Å². The summed E-state index contributed by atoms with van der Waals surface area (Å²) in [6, 6.07) is 5.18. The molecule has 0 amide bonds. The van der Waals surface area contributed by atoms with Crippen LogP contribution in [0.2, 0.25) is 5.02 Å². The van der Waals surface area contributed by atoms with Gasteiger partial charge in [-0.25, -0.2) is 8.42 Å². The van der Waals surface area contributed by atoms with E-state index >= 15 is 0 Å². The van der Waals surface area contributed by atoms with Crippen molar-refractivity contribution in [3.05, 3.63) is 34.2 Å². The minimum Gasteiger partial charge on any atom is -0.319 e. The molecule has 0 saturated heterocycles. The quantitative estimate of drug-likeness (QED) is 0.902. The summed E-state index contributed by atoms with van der Waals surface area (Å²) in [7, 11) is -1.50. The van der Waals surface area contributed by atoms with Crippen LogP contribution in [-0.4, -0.2) is 22.0 Å². The maximum Gasteiger partial charge on any atom is 0.202 e. The normalized spacial score (nSPS) is 17.0. The van der Waals surface area contributed by atoms with Gasteiger partial charge in [-0.3, -0.25) is 0 Å². The van der Waals surface area contributed by atoms with Crippen molar-refractivity contribution < 1.29 is 8.42 Å². The first kappa shape index (κ1) is 11.6. The Bertz CT molecular complexity index is 549. The van der Waals surface area contributed by atoms with Crippen molar-refractivity contribution in [2.45, 2.75) is 11.3 Å². The zero-order chi connectivity index (χ0) is 11.8. The monoisotopic (exact) mass is 257 g/mol. The molecule has 0 bridgehead atoms. The molecule has 0 radical (unpaired) electrons. The number of sulfone groups is 1. The van der Waals surface area contributed by atoms with Crippen molar-refractivity contribution in [1.29, 1.82) is 0 Å². The molecule has 0 spiro atoms. The Morgan fingerprint density at radius 2 is 2.12 bits per heavy atom. The molecule has 0 aliphatic carbocycles. The molecule has 16 heavy (non-hydrogen) atoms. The Labute approximate surface area is 100 Å². The van der Waals surface area contributed by atoms with E-state index in [4.69, 9.17) is 11.6 Å². The average Bonchev–Trinajstić information content (AvgIpc) is 2.49. The van der Waals surface area contributed by atoms with Gasteiger partial charge in [-0.05, 0) is 37.2 Å². The Kier molecular flexibility index (Phi) is 3.06. The molecule has 1 aromatic rings. The highest BCUT2D eigenvalue weighted by molar-refractivity contribution is 7.95. The van der Waals surface area contributed by atoms with E-state index in [1.54, 1.807) is 18.2 Å². The van der Waals surface area contributed by atoms with E-state index in [0.29, 0.717) is 11.4 Å². The topological polar surface area (TPSA) is 46.2 Å². The molecule has 2 rings (SSSR count). The van der Waals surface area contributed by atoms with Crippen LogP contribution in [-0.2, 0) is 9.84 Å².